The Labute approximate surface area is 117 Å². The summed E-state index contributed by atoms with van der Waals surface area (Å²) >= 11 is 0. The van der Waals surface area contributed by atoms with Crippen LogP contribution in [0.15, 0.2) is 0 Å². The molecule has 0 aromatic carbocycles. The van der Waals surface area contributed by atoms with Crippen molar-refractivity contribution in [3.05, 3.63) is 0 Å². The third-order valence-corrected chi connectivity index (χ3v) is 4.20. The molecule has 0 spiro atoms. The molecule has 0 bridgehead atoms. The van der Waals surface area contributed by atoms with Crippen molar-refractivity contribution >= 4 is 5.91 Å². The van der Waals surface area contributed by atoms with E-state index in [4.69, 9.17) is 0 Å². The van der Waals surface area contributed by atoms with Crippen LogP contribution in [0, 0.1) is 0 Å². The third-order valence-electron chi connectivity index (χ3n) is 4.20. The zero-order valence-corrected chi connectivity index (χ0v) is 12.6. The number of amides is 1. The second kappa shape index (κ2) is 6.71. The number of hydrogen-bond acceptors (Lipinski definition) is 3. The highest BCUT2D eigenvalue weighted by Crippen LogP contribution is 2.22. The number of carbonyl (C=O) groups excluding carboxylic acids is 1. The fraction of sp³-hybridized carbons (Fsp3) is 0.933. The van der Waals surface area contributed by atoms with Crippen LogP contribution < -0.4 is 10.6 Å². The van der Waals surface area contributed by atoms with Crippen LogP contribution in [-0.2, 0) is 4.79 Å². The molecular weight excluding hydrogens is 238 g/mol. The Balaban J connectivity index is 1.87. The van der Waals surface area contributed by atoms with E-state index in [1.165, 1.54) is 32.1 Å². The van der Waals surface area contributed by atoms with E-state index < -0.39 is 0 Å². The Morgan fingerprint density at radius 2 is 1.95 bits per heavy atom. The normalized spacial score (nSPS) is 26.4. The number of nitrogens with one attached hydrogen (secondary N) is 2. The van der Waals surface area contributed by atoms with E-state index in [1.807, 2.05) is 20.8 Å². The first-order valence-electron chi connectivity index (χ1n) is 7.87. The molecular formula is C15H29N3O. The number of rotatable bonds is 6. The summed E-state index contributed by atoms with van der Waals surface area (Å²) in [5, 5.41) is 6.65. The molecule has 2 atom stereocenters. The molecule has 19 heavy (non-hydrogen) atoms. The minimum absolute atomic E-state index is 0.00583. The molecule has 2 aliphatic rings. The van der Waals surface area contributed by atoms with Gasteiger partial charge in [0.2, 0.25) is 5.91 Å². The van der Waals surface area contributed by atoms with Gasteiger partial charge in [0.1, 0.15) is 0 Å². The predicted molar refractivity (Wildman–Crippen MR) is 78.1 cm³/mol. The highest BCUT2D eigenvalue weighted by atomic mass is 16.2. The lowest BCUT2D eigenvalue weighted by atomic mass is 9.99. The van der Waals surface area contributed by atoms with Crippen molar-refractivity contribution in [1.29, 1.82) is 0 Å². The van der Waals surface area contributed by atoms with E-state index in [-0.39, 0.29) is 18.0 Å². The molecule has 1 aliphatic carbocycles. The fourth-order valence-electron chi connectivity index (χ4n) is 2.90. The molecule has 4 nitrogen and oxygen atoms in total. The Bertz CT molecular complexity index is 302. The highest BCUT2D eigenvalue weighted by molar-refractivity contribution is 5.81. The van der Waals surface area contributed by atoms with E-state index in [2.05, 4.69) is 15.5 Å². The van der Waals surface area contributed by atoms with Gasteiger partial charge in [0.15, 0.2) is 0 Å². The summed E-state index contributed by atoms with van der Waals surface area (Å²) in [5.41, 5.74) is 0. The van der Waals surface area contributed by atoms with Gasteiger partial charge < -0.3 is 10.6 Å². The van der Waals surface area contributed by atoms with Crippen LogP contribution in [-0.4, -0.2) is 48.1 Å². The number of hydrogen-bond donors (Lipinski definition) is 2. The van der Waals surface area contributed by atoms with E-state index >= 15 is 0 Å². The zero-order valence-electron chi connectivity index (χ0n) is 12.6. The topological polar surface area (TPSA) is 44.4 Å². The maximum absolute atomic E-state index is 12.2. The van der Waals surface area contributed by atoms with Crippen LogP contribution in [0.4, 0.5) is 0 Å². The van der Waals surface area contributed by atoms with Gasteiger partial charge in [-0.05, 0) is 53.0 Å². The van der Waals surface area contributed by atoms with Gasteiger partial charge >= 0.3 is 0 Å². The minimum atomic E-state index is -0.00583. The number of piperidine rings is 1. The highest BCUT2D eigenvalue weighted by Gasteiger charge is 2.31. The number of nitrogens with zero attached hydrogens (tertiary/aromatic N) is 1. The van der Waals surface area contributed by atoms with Gasteiger partial charge in [-0.15, -0.1) is 0 Å². The SMILES string of the molecule is CC(C)NC(=O)C(C)N1CCCCC1CNC1CC1. The lowest BCUT2D eigenvalue weighted by Gasteiger charge is -2.39. The van der Waals surface area contributed by atoms with Crippen LogP contribution in [0.2, 0.25) is 0 Å². The van der Waals surface area contributed by atoms with Crippen LogP contribution in [0.25, 0.3) is 0 Å². The van der Waals surface area contributed by atoms with Crippen LogP contribution in [0.1, 0.15) is 52.9 Å². The molecule has 1 heterocycles. The first-order chi connectivity index (χ1) is 9.08. The Morgan fingerprint density at radius 3 is 2.58 bits per heavy atom. The summed E-state index contributed by atoms with van der Waals surface area (Å²) in [7, 11) is 0. The van der Waals surface area contributed by atoms with Crippen molar-refractivity contribution in [3.63, 3.8) is 0 Å². The van der Waals surface area contributed by atoms with E-state index in [0.29, 0.717) is 6.04 Å². The van der Waals surface area contributed by atoms with Crippen molar-refractivity contribution in [3.8, 4) is 0 Å². The van der Waals surface area contributed by atoms with Gasteiger partial charge in [-0.3, -0.25) is 9.69 Å². The Hall–Kier alpha value is -0.610. The number of likely N-dealkylation sites (tertiary alicyclic amines) is 1. The second-order valence-electron chi connectivity index (χ2n) is 6.41. The van der Waals surface area contributed by atoms with Crippen molar-refractivity contribution in [2.24, 2.45) is 0 Å². The predicted octanol–water partition coefficient (Wildman–Crippen LogP) is 1.51. The zero-order chi connectivity index (χ0) is 13.8. The largest absolute Gasteiger partial charge is 0.353 e. The van der Waals surface area contributed by atoms with Gasteiger partial charge in [0.05, 0.1) is 6.04 Å². The van der Waals surface area contributed by atoms with E-state index in [0.717, 1.165) is 19.1 Å². The molecule has 2 rings (SSSR count). The quantitative estimate of drug-likeness (QED) is 0.766. The molecule has 1 saturated heterocycles. The maximum atomic E-state index is 12.2. The van der Waals surface area contributed by atoms with Gasteiger partial charge in [0, 0.05) is 24.7 Å². The van der Waals surface area contributed by atoms with Crippen molar-refractivity contribution in [2.45, 2.75) is 77.0 Å². The van der Waals surface area contributed by atoms with Gasteiger partial charge in [-0.1, -0.05) is 6.42 Å². The average molecular weight is 267 g/mol. The van der Waals surface area contributed by atoms with Gasteiger partial charge in [0.25, 0.3) is 0 Å². The molecule has 1 aliphatic heterocycles. The molecule has 0 radical (unpaired) electrons. The molecule has 4 heteroatoms. The standard InChI is InChI=1S/C15H29N3O/c1-11(2)17-15(19)12(3)18-9-5-4-6-14(18)10-16-13-7-8-13/h11-14,16H,4-10H2,1-3H3,(H,17,19). The van der Waals surface area contributed by atoms with E-state index in [9.17, 15) is 4.79 Å². The molecule has 1 saturated carbocycles. The fourth-order valence-corrected chi connectivity index (χ4v) is 2.90. The minimum Gasteiger partial charge on any atom is -0.353 e. The van der Waals surface area contributed by atoms with Crippen LogP contribution >= 0.6 is 0 Å². The maximum Gasteiger partial charge on any atom is 0.237 e. The third kappa shape index (κ3) is 4.46. The summed E-state index contributed by atoms with van der Waals surface area (Å²) in [5.74, 6) is 0.174. The monoisotopic (exact) mass is 267 g/mol. The van der Waals surface area contributed by atoms with Crippen molar-refractivity contribution in [2.75, 3.05) is 13.1 Å². The molecule has 110 valence electrons. The lowest BCUT2D eigenvalue weighted by Crippen LogP contribution is -2.55. The summed E-state index contributed by atoms with van der Waals surface area (Å²) < 4.78 is 0. The van der Waals surface area contributed by atoms with E-state index in [1.54, 1.807) is 0 Å². The van der Waals surface area contributed by atoms with Crippen molar-refractivity contribution < 1.29 is 4.79 Å². The lowest BCUT2D eigenvalue weighted by molar-refractivity contribution is -0.127. The number of carbonyl (C=O) groups is 1. The van der Waals surface area contributed by atoms with Gasteiger partial charge in [-0.2, -0.15) is 0 Å². The summed E-state index contributed by atoms with van der Waals surface area (Å²) in [6.07, 6.45) is 6.40. The van der Waals surface area contributed by atoms with Crippen LogP contribution in [0.5, 0.6) is 0 Å². The molecule has 2 fully saturated rings. The summed E-state index contributed by atoms with van der Waals surface area (Å²) in [6, 6.07) is 1.50. The van der Waals surface area contributed by atoms with Crippen molar-refractivity contribution in [1.82, 2.24) is 15.5 Å². The first-order valence-corrected chi connectivity index (χ1v) is 7.87. The average Bonchev–Trinajstić information content (AvgIpc) is 3.19. The molecule has 0 aromatic rings. The second-order valence-corrected chi connectivity index (χ2v) is 6.41. The molecule has 2 N–H and O–H groups in total. The smallest absolute Gasteiger partial charge is 0.237 e. The van der Waals surface area contributed by atoms with Gasteiger partial charge in [-0.25, -0.2) is 0 Å². The first kappa shape index (κ1) is 14.8. The Morgan fingerprint density at radius 1 is 1.21 bits per heavy atom. The van der Waals surface area contributed by atoms with Crippen LogP contribution in [0.3, 0.4) is 0 Å². The summed E-state index contributed by atoms with van der Waals surface area (Å²) in [4.78, 5) is 14.6. The molecule has 2 unspecified atom stereocenters. The Kier molecular flexibility index (Phi) is 5.22. The molecule has 0 aromatic heterocycles. The summed E-state index contributed by atoms with van der Waals surface area (Å²) in [6.45, 7) is 8.20. The molecule has 1 amide bonds.